The van der Waals surface area contributed by atoms with E-state index in [1.54, 1.807) is 20.5 Å². The molecule has 1 aromatic rings. The molecular formula is C12H23N3O3. The first-order valence-corrected chi connectivity index (χ1v) is 6.09. The average molecular weight is 257 g/mol. The number of anilines is 1. The van der Waals surface area contributed by atoms with Gasteiger partial charge < -0.3 is 24.5 Å². The molecule has 0 aromatic carbocycles. The molecule has 0 saturated heterocycles. The van der Waals surface area contributed by atoms with Gasteiger partial charge in [0, 0.05) is 33.4 Å². The molecule has 0 radical (unpaired) electrons. The molecule has 0 aliphatic heterocycles. The molecule has 0 amide bonds. The van der Waals surface area contributed by atoms with Crippen LogP contribution in [0.15, 0.2) is 10.7 Å². The molecule has 0 bridgehead atoms. The Morgan fingerprint density at radius 3 is 2.78 bits per heavy atom. The first-order chi connectivity index (χ1) is 8.65. The quantitative estimate of drug-likeness (QED) is 0.694. The number of hydrogen-bond donors (Lipinski definition) is 2. The van der Waals surface area contributed by atoms with Crippen LogP contribution in [0.4, 0.5) is 6.01 Å². The highest BCUT2D eigenvalue weighted by atomic mass is 16.5. The zero-order valence-corrected chi connectivity index (χ0v) is 11.5. The summed E-state index contributed by atoms with van der Waals surface area (Å²) in [6, 6.07) is 0.936. The Morgan fingerprint density at radius 2 is 2.17 bits per heavy atom. The Morgan fingerprint density at radius 1 is 1.39 bits per heavy atom. The van der Waals surface area contributed by atoms with Gasteiger partial charge in [-0.15, -0.1) is 0 Å². The van der Waals surface area contributed by atoms with Crippen molar-refractivity contribution in [3.8, 4) is 0 Å². The minimum Gasteiger partial charge on any atom is -0.432 e. The van der Waals surface area contributed by atoms with Crippen LogP contribution in [0.1, 0.15) is 19.5 Å². The van der Waals surface area contributed by atoms with Gasteiger partial charge in [0.2, 0.25) is 0 Å². The van der Waals surface area contributed by atoms with Gasteiger partial charge >= 0.3 is 0 Å². The SMILES string of the molecule is COCC(CNc1nc(CNC(C)C)co1)OC. The van der Waals surface area contributed by atoms with Crippen molar-refractivity contribution in [1.29, 1.82) is 0 Å². The van der Waals surface area contributed by atoms with Gasteiger partial charge in [0.05, 0.1) is 18.4 Å². The lowest BCUT2D eigenvalue weighted by atomic mass is 10.3. The summed E-state index contributed by atoms with van der Waals surface area (Å²) in [6.07, 6.45) is 1.63. The van der Waals surface area contributed by atoms with Crippen molar-refractivity contribution in [3.63, 3.8) is 0 Å². The van der Waals surface area contributed by atoms with Crippen LogP contribution in [-0.4, -0.2) is 44.5 Å². The van der Waals surface area contributed by atoms with Crippen molar-refractivity contribution in [1.82, 2.24) is 10.3 Å². The summed E-state index contributed by atoms with van der Waals surface area (Å²) >= 11 is 0. The molecule has 0 aliphatic rings. The summed E-state index contributed by atoms with van der Waals surface area (Å²) in [5.74, 6) is 0. The zero-order chi connectivity index (χ0) is 13.4. The molecule has 0 aliphatic carbocycles. The number of oxazole rings is 1. The van der Waals surface area contributed by atoms with Crippen LogP contribution in [0.25, 0.3) is 0 Å². The number of ether oxygens (including phenoxy) is 2. The number of nitrogens with one attached hydrogen (secondary N) is 2. The van der Waals surface area contributed by atoms with Gasteiger partial charge in [-0.25, -0.2) is 0 Å². The van der Waals surface area contributed by atoms with E-state index in [4.69, 9.17) is 13.9 Å². The molecule has 0 fully saturated rings. The summed E-state index contributed by atoms with van der Waals surface area (Å²) in [4.78, 5) is 4.31. The standard InChI is InChI=1S/C12H23N3O3/c1-9(2)13-5-10-7-18-12(15-10)14-6-11(17-4)8-16-3/h7,9,11,13H,5-6,8H2,1-4H3,(H,14,15). The lowest BCUT2D eigenvalue weighted by molar-refractivity contribution is 0.0363. The van der Waals surface area contributed by atoms with Gasteiger partial charge in [0.15, 0.2) is 0 Å². The maximum absolute atomic E-state index is 5.31. The topological polar surface area (TPSA) is 68.5 Å². The fraction of sp³-hybridized carbons (Fsp3) is 0.750. The Hall–Kier alpha value is -1.11. The fourth-order valence-electron chi connectivity index (χ4n) is 1.38. The molecule has 6 heteroatoms. The molecule has 1 aromatic heterocycles. The number of rotatable bonds is 9. The highest BCUT2D eigenvalue weighted by molar-refractivity contribution is 5.21. The van der Waals surface area contributed by atoms with Crippen LogP contribution in [0, 0.1) is 0 Å². The predicted molar refractivity (Wildman–Crippen MR) is 69.6 cm³/mol. The average Bonchev–Trinajstić information content (AvgIpc) is 2.80. The van der Waals surface area contributed by atoms with Crippen molar-refractivity contribution in [3.05, 3.63) is 12.0 Å². The van der Waals surface area contributed by atoms with E-state index in [0.29, 0.717) is 31.8 Å². The molecule has 0 saturated carbocycles. The Labute approximate surface area is 108 Å². The van der Waals surface area contributed by atoms with E-state index in [0.717, 1.165) is 5.69 Å². The third-order valence-electron chi connectivity index (χ3n) is 2.41. The minimum absolute atomic E-state index is 0.0147. The summed E-state index contributed by atoms with van der Waals surface area (Å²) in [5, 5.41) is 6.35. The lowest BCUT2D eigenvalue weighted by Crippen LogP contribution is -2.26. The van der Waals surface area contributed by atoms with E-state index in [-0.39, 0.29) is 6.10 Å². The number of nitrogens with zero attached hydrogens (tertiary/aromatic N) is 1. The third kappa shape index (κ3) is 5.48. The Kier molecular flexibility index (Phi) is 6.70. The van der Waals surface area contributed by atoms with Gasteiger partial charge in [-0.3, -0.25) is 0 Å². The summed E-state index contributed by atoms with van der Waals surface area (Å²) < 4.78 is 15.6. The monoisotopic (exact) mass is 257 g/mol. The van der Waals surface area contributed by atoms with Gasteiger partial charge in [-0.2, -0.15) is 4.98 Å². The smallest absolute Gasteiger partial charge is 0.294 e. The second-order valence-electron chi connectivity index (χ2n) is 4.37. The molecule has 18 heavy (non-hydrogen) atoms. The number of aromatic nitrogens is 1. The van der Waals surface area contributed by atoms with E-state index in [2.05, 4.69) is 29.5 Å². The molecule has 6 nitrogen and oxygen atoms in total. The molecular weight excluding hydrogens is 234 g/mol. The first kappa shape index (κ1) is 14.9. The van der Waals surface area contributed by atoms with Crippen molar-refractivity contribution in [2.75, 3.05) is 32.7 Å². The van der Waals surface area contributed by atoms with Gasteiger partial charge in [-0.05, 0) is 0 Å². The van der Waals surface area contributed by atoms with Crippen molar-refractivity contribution >= 4 is 6.01 Å². The van der Waals surface area contributed by atoms with Gasteiger partial charge in [-0.1, -0.05) is 13.8 Å². The predicted octanol–water partition coefficient (Wildman–Crippen LogP) is 1.25. The molecule has 0 spiro atoms. The molecule has 2 N–H and O–H groups in total. The second-order valence-corrected chi connectivity index (χ2v) is 4.37. The zero-order valence-electron chi connectivity index (χ0n) is 11.5. The number of methoxy groups -OCH3 is 2. The van der Waals surface area contributed by atoms with E-state index < -0.39 is 0 Å². The molecule has 1 unspecified atom stereocenters. The van der Waals surface area contributed by atoms with Gasteiger partial charge in [0.25, 0.3) is 6.01 Å². The van der Waals surface area contributed by atoms with Crippen LogP contribution in [0.5, 0.6) is 0 Å². The van der Waals surface area contributed by atoms with Crippen LogP contribution in [-0.2, 0) is 16.0 Å². The minimum atomic E-state index is -0.0147. The van der Waals surface area contributed by atoms with Crippen LogP contribution in [0.2, 0.25) is 0 Å². The third-order valence-corrected chi connectivity index (χ3v) is 2.41. The van der Waals surface area contributed by atoms with Gasteiger partial charge in [0.1, 0.15) is 6.26 Å². The Bertz CT molecular complexity index is 328. The van der Waals surface area contributed by atoms with Crippen molar-refractivity contribution in [2.24, 2.45) is 0 Å². The number of hydrogen-bond acceptors (Lipinski definition) is 6. The maximum Gasteiger partial charge on any atom is 0.294 e. The Balaban J connectivity index is 2.34. The molecule has 1 atom stereocenters. The van der Waals surface area contributed by atoms with E-state index >= 15 is 0 Å². The van der Waals surface area contributed by atoms with Crippen LogP contribution < -0.4 is 10.6 Å². The largest absolute Gasteiger partial charge is 0.432 e. The summed E-state index contributed by atoms with van der Waals surface area (Å²) in [6.45, 7) is 6.02. The van der Waals surface area contributed by atoms with Crippen molar-refractivity contribution < 1.29 is 13.9 Å². The van der Waals surface area contributed by atoms with Crippen LogP contribution >= 0.6 is 0 Å². The van der Waals surface area contributed by atoms with E-state index in [1.165, 1.54) is 0 Å². The van der Waals surface area contributed by atoms with E-state index in [1.807, 2.05) is 0 Å². The van der Waals surface area contributed by atoms with E-state index in [9.17, 15) is 0 Å². The second kappa shape index (κ2) is 8.07. The highest BCUT2D eigenvalue weighted by Gasteiger charge is 2.09. The maximum atomic E-state index is 5.31. The molecule has 1 heterocycles. The van der Waals surface area contributed by atoms with Crippen molar-refractivity contribution in [2.45, 2.75) is 32.5 Å². The molecule has 104 valence electrons. The molecule has 1 rings (SSSR count). The normalized spacial score (nSPS) is 12.9. The summed E-state index contributed by atoms with van der Waals surface area (Å²) in [5.41, 5.74) is 0.881. The lowest BCUT2D eigenvalue weighted by Gasteiger charge is -2.13. The van der Waals surface area contributed by atoms with Crippen LogP contribution in [0.3, 0.4) is 0 Å². The first-order valence-electron chi connectivity index (χ1n) is 6.09. The fourth-order valence-corrected chi connectivity index (χ4v) is 1.38. The highest BCUT2D eigenvalue weighted by Crippen LogP contribution is 2.07. The summed E-state index contributed by atoms with van der Waals surface area (Å²) in [7, 11) is 3.30.